The van der Waals surface area contributed by atoms with Crippen molar-refractivity contribution >= 4 is 11.9 Å². The molecule has 1 N–H and O–H groups in total. The first-order chi connectivity index (χ1) is 16.4. The Hall–Kier alpha value is -3.71. The average Bonchev–Trinajstić information content (AvgIpc) is 2.82. The van der Waals surface area contributed by atoms with Crippen LogP contribution in [0, 0.1) is 12.7 Å². The Morgan fingerprint density at radius 2 is 1.85 bits per heavy atom. The minimum absolute atomic E-state index is 0.132. The Balaban J connectivity index is 1.62. The number of fused-ring (bicyclic) bond motifs is 1. The van der Waals surface area contributed by atoms with Crippen LogP contribution in [0.4, 0.5) is 4.39 Å². The molecule has 1 heterocycles. The quantitative estimate of drug-likeness (QED) is 0.540. The van der Waals surface area contributed by atoms with Gasteiger partial charge >= 0.3 is 5.97 Å². The first-order valence-electron chi connectivity index (χ1n) is 11.1. The van der Waals surface area contributed by atoms with Crippen LogP contribution in [0.3, 0.4) is 0 Å². The highest BCUT2D eigenvalue weighted by molar-refractivity contribution is 5.79. The van der Waals surface area contributed by atoms with Crippen LogP contribution in [0.5, 0.6) is 5.75 Å². The molecule has 1 atom stereocenters. The van der Waals surface area contributed by atoms with Crippen molar-refractivity contribution in [3.63, 3.8) is 0 Å². The average molecular weight is 464 g/mol. The molecule has 4 rings (SSSR count). The number of carbonyl (C=O) groups is 2. The van der Waals surface area contributed by atoms with E-state index in [0.29, 0.717) is 25.1 Å². The normalized spacial score (nSPS) is 15.0. The SMILES string of the molecule is Cc1cccc(COCC(=O)N2CCc3ccccc3C2c2cc(F)ccc2OCC(=O)O)c1. The number of carboxylic acids is 1. The van der Waals surface area contributed by atoms with E-state index in [1.165, 1.54) is 18.2 Å². The summed E-state index contributed by atoms with van der Waals surface area (Å²) in [5.41, 5.74) is 4.39. The van der Waals surface area contributed by atoms with Crippen molar-refractivity contribution in [1.82, 2.24) is 4.90 Å². The van der Waals surface area contributed by atoms with E-state index in [-0.39, 0.29) is 18.3 Å². The molecule has 3 aromatic carbocycles. The molecule has 6 nitrogen and oxygen atoms in total. The van der Waals surface area contributed by atoms with E-state index in [1.54, 1.807) is 4.90 Å². The number of benzene rings is 3. The second-order valence-electron chi connectivity index (χ2n) is 8.28. The predicted molar refractivity (Wildman–Crippen MR) is 124 cm³/mol. The maximum atomic E-state index is 14.3. The number of hydrogen-bond donors (Lipinski definition) is 1. The van der Waals surface area contributed by atoms with Crippen molar-refractivity contribution in [3.05, 3.63) is 100 Å². The van der Waals surface area contributed by atoms with E-state index in [9.17, 15) is 14.0 Å². The van der Waals surface area contributed by atoms with Gasteiger partial charge in [0.2, 0.25) is 5.91 Å². The number of amides is 1. The van der Waals surface area contributed by atoms with E-state index >= 15 is 0 Å². The summed E-state index contributed by atoms with van der Waals surface area (Å²) < 4.78 is 25.5. The molecule has 0 bridgehead atoms. The topological polar surface area (TPSA) is 76.1 Å². The number of aryl methyl sites for hydroxylation is 1. The van der Waals surface area contributed by atoms with Crippen LogP contribution < -0.4 is 4.74 Å². The zero-order valence-corrected chi connectivity index (χ0v) is 18.9. The highest BCUT2D eigenvalue weighted by atomic mass is 19.1. The molecule has 0 aliphatic carbocycles. The highest BCUT2D eigenvalue weighted by Crippen LogP contribution is 2.39. The number of hydrogen-bond acceptors (Lipinski definition) is 4. The van der Waals surface area contributed by atoms with Gasteiger partial charge < -0.3 is 19.5 Å². The molecule has 1 amide bonds. The molecular weight excluding hydrogens is 437 g/mol. The van der Waals surface area contributed by atoms with Gasteiger partial charge in [0.05, 0.1) is 12.6 Å². The van der Waals surface area contributed by atoms with E-state index in [1.807, 2.05) is 55.5 Å². The van der Waals surface area contributed by atoms with Gasteiger partial charge in [-0.15, -0.1) is 0 Å². The lowest BCUT2D eigenvalue weighted by Gasteiger charge is -2.38. The molecule has 176 valence electrons. The summed E-state index contributed by atoms with van der Waals surface area (Å²) in [6.07, 6.45) is 0.650. The first-order valence-corrected chi connectivity index (χ1v) is 11.1. The summed E-state index contributed by atoms with van der Waals surface area (Å²) in [6.45, 7) is 2.01. The number of nitrogens with zero attached hydrogens (tertiary/aromatic N) is 1. The third-order valence-corrected chi connectivity index (χ3v) is 5.80. The zero-order valence-electron chi connectivity index (χ0n) is 18.9. The zero-order chi connectivity index (χ0) is 24.1. The molecule has 0 spiro atoms. The van der Waals surface area contributed by atoms with Crippen molar-refractivity contribution in [3.8, 4) is 5.75 Å². The minimum atomic E-state index is -1.14. The summed E-state index contributed by atoms with van der Waals surface area (Å²) >= 11 is 0. The van der Waals surface area contributed by atoms with Crippen molar-refractivity contribution in [1.29, 1.82) is 0 Å². The van der Waals surface area contributed by atoms with Gasteiger partial charge in [-0.25, -0.2) is 9.18 Å². The van der Waals surface area contributed by atoms with Gasteiger partial charge in [-0.2, -0.15) is 0 Å². The molecule has 1 aliphatic rings. The molecule has 0 saturated carbocycles. The van der Waals surface area contributed by atoms with Crippen molar-refractivity contribution in [2.45, 2.75) is 26.0 Å². The number of halogens is 1. The molecule has 1 aliphatic heterocycles. The van der Waals surface area contributed by atoms with E-state index < -0.39 is 24.4 Å². The standard InChI is InChI=1S/C27H26FNO5/c1-18-5-4-6-19(13-18)15-33-16-25(30)29-12-11-20-7-2-3-8-22(20)27(29)23-14-21(28)9-10-24(23)34-17-26(31)32/h2-10,13-14,27H,11-12,15-17H2,1H3,(H,31,32). The van der Waals surface area contributed by atoms with Gasteiger partial charge in [-0.3, -0.25) is 4.79 Å². The second kappa shape index (κ2) is 10.5. The van der Waals surface area contributed by atoms with Gasteiger partial charge in [-0.05, 0) is 48.2 Å². The number of carboxylic acid groups (broad SMARTS) is 1. The Morgan fingerprint density at radius 3 is 2.65 bits per heavy atom. The van der Waals surface area contributed by atoms with Crippen LogP contribution in [0.2, 0.25) is 0 Å². The van der Waals surface area contributed by atoms with Crippen LogP contribution in [-0.4, -0.2) is 41.6 Å². The Kier molecular flexibility index (Phi) is 7.23. The molecule has 0 radical (unpaired) electrons. The number of ether oxygens (including phenoxy) is 2. The van der Waals surface area contributed by atoms with Crippen molar-refractivity contribution in [2.75, 3.05) is 19.8 Å². The molecular formula is C27H26FNO5. The van der Waals surface area contributed by atoms with Gasteiger partial charge in [0.15, 0.2) is 6.61 Å². The van der Waals surface area contributed by atoms with Crippen molar-refractivity contribution in [2.24, 2.45) is 0 Å². The largest absolute Gasteiger partial charge is 0.482 e. The lowest BCUT2D eigenvalue weighted by molar-refractivity contribution is -0.140. The number of aliphatic carboxylic acids is 1. The highest BCUT2D eigenvalue weighted by Gasteiger charge is 2.34. The van der Waals surface area contributed by atoms with Gasteiger partial charge in [0.1, 0.15) is 18.2 Å². The van der Waals surface area contributed by atoms with Crippen LogP contribution in [0.15, 0.2) is 66.7 Å². The fraction of sp³-hybridized carbons (Fsp3) is 0.259. The predicted octanol–water partition coefficient (Wildman–Crippen LogP) is 4.29. The maximum absolute atomic E-state index is 14.3. The van der Waals surface area contributed by atoms with E-state index in [2.05, 4.69) is 0 Å². The summed E-state index contributed by atoms with van der Waals surface area (Å²) in [5, 5.41) is 9.06. The summed E-state index contributed by atoms with van der Waals surface area (Å²) in [4.78, 5) is 26.0. The molecule has 0 fully saturated rings. The molecule has 0 aromatic heterocycles. The van der Waals surface area contributed by atoms with Gasteiger partial charge in [0, 0.05) is 12.1 Å². The Morgan fingerprint density at radius 1 is 1.03 bits per heavy atom. The second-order valence-corrected chi connectivity index (χ2v) is 8.28. The smallest absolute Gasteiger partial charge is 0.341 e. The Bertz CT molecular complexity index is 1200. The molecule has 34 heavy (non-hydrogen) atoms. The summed E-state index contributed by atoms with van der Waals surface area (Å²) in [7, 11) is 0. The van der Waals surface area contributed by atoms with Crippen molar-refractivity contribution < 1.29 is 28.6 Å². The lowest BCUT2D eigenvalue weighted by Crippen LogP contribution is -2.42. The van der Waals surface area contributed by atoms with Crippen LogP contribution in [0.1, 0.15) is 33.9 Å². The maximum Gasteiger partial charge on any atom is 0.341 e. The van der Waals surface area contributed by atoms with Crippen LogP contribution >= 0.6 is 0 Å². The lowest BCUT2D eigenvalue weighted by atomic mass is 9.87. The molecule has 3 aromatic rings. The van der Waals surface area contributed by atoms with Gasteiger partial charge in [0.25, 0.3) is 0 Å². The van der Waals surface area contributed by atoms with Gasteiger partial charge in [-0.1, -0.05) is 54.1 Å². The molecule has 1 unspecified atom stereocenters. The minimum Gasteiger partial charge on any atom is -0.482 e. The van der Waals surface area contributed by atoms with E-state index in [0.717, 1.165) is 22.3 Å². The fourth-order valence-corrected chi connectivity index (χ4v) is 4.32. The fourth-order valence-electron chi connectivity index (χ4n) is 4.32. The summed E-state index contributed by atoms with van der Waals surface area (Å²) in [6, 6.07) is 18.8. The van der Waals surface area contributed by atoms with E-state index in [4.69, 9.17) is 14.6 Å². The van der Waals surface area contributed by atoms with Crippen LogP contribution in [0.25, 0.3) is 0 Å². The molecule has 0 saturated heterocycles. The number of carbonyl (C=O) groups excluding carboxylic acids is 1. The third kappa shape index (κ3) is 5.43. The Labute approximate surface area is 197 Å². The first kappa shape index (κ1) is 23.4. The summed E-state index contributed by atoms with van der Waals surface area (Å²) in [5.74, 6) is -1.65. The monoisotopic (exact) mass is 463 g/mol. The molecule has 7 heteroatoms. The third-order valence-electron chi connectivity index (χ3n) is 5.80. The number of rotatable bonds is 8. The van der Waals surface area contributed by atoms with Crippen LogP contribution in [-0.2, 0) is 27.4 Å².